The third-order valence-corrected chi connectivity index (χ3v) is 5.62. The van der Waals surface area contributed by atoms with E-state index in [0.717, 1.165) is 25.6 Å². The molecule has 0 spiro atoms. The van der Waals surface area contributed by atoms with Crippen molar-refractivity contribution in [2.24, 2.45) is 16.8 Å². The molecule has 3 atom stereocenters. The maximum absolute atomic E-state index is 4.90. The summed E-state index contributed by atoms with van der Waals surface area (Å²) in [6.07, 6.45) is 4.14. The van der Waals surface area contributed by atoms with Gasteiger partial charge in [0.25, 0.3) is 0 Å². The molecule has 0 amide bonds. The average Bonchev–Trinajstić information content (AvgIpc) is 2.95. The predicted molar refractivity (Wildman–Crippen MR) is 108 cm³/mol. The quantitative estimate of drug-likeness (QED) is 0.546. The molecule has 2 rings (SSSR count). The molecule has 25 heavy (non-hydrogen) atoms. The average molecular weight is 352 g/mol. The second-order valence-electron chi connectivity index (χ2n) is 8.46. The molecule has 0 saturated carbocycles. The molecule has 5 heteroatoms. The third kappa shape index (κ3) is 6.78. The molecule has 0 radical (unpaired) electrons. The lowest BCUT2D eigenvalue weighted by Crippen LogP contribution is -2.47. The Morgan fingerprint density at radius 3 is 2.44 bits per heavy atom. The van der Waals surface area contributed by atoms with Gasteiger partial charge in [-0.2, -0.15) is 0 Å². The molecular weight excluding hydrogens is 310 g/mol. The molecular formula is C20H41N5. The topological polar surface area (TPSA) is 42.9 Å². The number of nitrogens with zero attached hydrogens (tertiary/aromatic N) is 3. The van der Waals surface area contributed by atoms with Gasteiger partial charge >= 0.3 is 0 Å². The smallest absolute Gasteiger partial charge is 0.191 e. The highest BCUT2D eigenvalue weighted by Crippen LogP contribution is 2.18. The summed E-state index contributed by atoms with van der Waals surface area (Å²) in [6, 6.07) is 1.12. The predicted octanol–water partition coefficient (Wildman–Crippen LogP) is 2.39. The molecule has 2 aliphatic rings. The Kier molecular flexibility index (Phi) is 8.50. The SMILES string of the molecule is CCNC(=NCC(C)CN1CCCCC1)NC1CN(C(C)C)CC1C. The second kappa shape index (κ2) is 10.4. The van der Waals surface area contributed by atoms with Crippen LogP contribution in [0, 0.1) is 11.8 Å². The van der Waals surface area contributed by atoms with Crippen molar-refractivity contribution in [3.8, 4) is 0 Å². The van der Waals surface area contributed by atoms with Gasteiger partial charge in [-0.3, -0.25) is 9.89 Å². The molecule has 3 unspecified atom stereocenters. The van der Waals surface area contributed by atoms with Crippen molar-refractivity contribution in [2.45, 2.75) is 66.0 Å². The Hall–Kier alpha value is -0.810. The summed E-state index contributed by atoms with van der Waals surface area (Å²) in [6.45, 7) is 19.3. The van der Waals surface area contributed by atoms with Gasteiger partial charge in [-0.05, 0) is 58.5 Å². The van der Waals surface area contributed by atoms with Crippen molar-refractivity contribution in [1.29, 1.82) is 0 Å². The Labute approximate surface area is 155 Å². The van der Waals surface area contributed by atoms with Crippen LogP contribution in [0.2, 0.25) is 0 Å². The van der Waals surface area contributed by atoms with E-state index in [2.05, 4.69) is 55.1 Å². The van der Waals surface area contributed by atoms with Crippen molar-refractivity contribution >= 4 is 5.96 Å². The van der Waals surface area contributed by atoms with E-state index >= 15 is 0 Å². The van der Waals surface area contributed by atoms with Crippen molar-refractivity contribution in [2.75, 3.05) is 45.8 Å². The Morgan fingerprint density at radius 2 is 1.84 bits per heavy atom. The first kappa shape index (κ1) is 20.5. The number of likely N-dealkylation sites (tertiary alicyclic amines) is 2. The molecule has 2 saturated heterocycles. The second-order valence-corrected chi connectivity index (χ2v) is 8.46. The number of guanidine groups is 1. The normalized spacial score (nSPS) is 27.7. The summed E-state index contributed by atoms with van der Waals surface area (Å²) < 4.78 is 0. The summed E-state index contributed by atoms with van der Waals surface area (Å²) >= 11 is 0. The fourth-order valence-corrected chi connectivity index (χ4v) is 4.00. The van der Waals surface area contributed by atoms with E-state index in [1.807, 2.05) is 0 Å². The first-order chi connectivity index (χ1) is 12.0. The van der Waals surface area contributed by atoms with Gasteiger partial charge in [0, 0.05) is 44.8 Å². The van der Waals surface area contributed by atoms with E-state index in [4.69, 9.17) is 4.99 Å². The lowest BCUT2D eigenvalue weighted by atomic mass is 10.1. The summed E-state index contributed by atoms with van der Waals surface area (Å²) in [4.78, 5) is 10.1. The standard InChI is InChI=1S/C20H41N5/c1-6-21-20(23-19-15-25(16(2)3)14-18(19)5)22-12-17(4)13-24-10-8-7-9-11-24/h16-19H,6-15H2,1-5H3,(H2,21,22,23). The Morgan fingerprint density at radius 1 is 1.12 bits per heavy atom. The molecule has 2 aliphatic heterocycles. The zero-order chi connectivity index (χ0) is 18.2. The first-order valence-corrected chi connectivity index (χ1v) is 10.5. The highest BCUT2D eigenvalue weighted by atomic mass is 15.3. The van der Waals surface area contributed by atoms with Crippen LogP contribution >= 0.6 is 0 Å². The van der Waals surface area contributed by atoms with Crippen molar-refractivity contribution in [3.05, 3.63) is 0 Å². The van der Waals surface area contributed by atoms with E-state index in [-0.39, 0.29) is 0 Å². The highest BCUT2D eigenvalue weighted by Gasteiger charge is 2.31. The number of piperidine rings is 1. The number of hydrogen-bond donors (Lipinski definition) is 2. The Balaban J connectivity index is 1.83. The summed E-state index contributed by atoms with van der Waals surface area (Å²) in [5.74, 6) is 2.27. The molecule has 0 aromatic heterocycles. The minimum Gasteiger partial charge on any atom is -0.357 e. The molecule has 5 nitrogen and oxygen atoms in total. The van der Waals surface area contributed by atoms with Crippen LogP contribution in [0.1, 0.15) is 53.9 Å². The fraction of sp³-hybridized carbons (Fsp3) is 0.950. The summed E-state index contributed by atoms with van der Waals surface area (Å²) in [5.41, 5.74) is 0. The number of aliphatic imine (C=N–C) groups is 1. The molecule has 0 aromatic rings. The Bertz CT molecular complexity index is 403. The largest absolute Gasteiger partial charge is 0.357 e. The molecule has 0 bridgehead atoms. The molecule has 146 valence electrons. The summed E-state index contributed by atoms with van der Waals surface area (Å²) in [7, 11) is 0. The van der Waals surface area contributed by atoms with E-state index in [0.29, 0.717) is 23.9 Å². The van der Waals surface area contributed by atoms with Crippen LogP contribution < -0.4 is 10.6 Å². The van der Waals surface area contributed by atoms with Crippen molar-refractivity contribution in [3.63, 3.8) is 0 Å². The van der Waals surface area contributed by atoms with Crippen LogP contribution in [0.15, 0.2) is 4.99 Å². The van der Waals surface area contributed by atoms with Crippen LogP contribution in [0.5, 0.6) is 0 Å². The van der Waals surface area contributed by atoms with Crippen LogP contribution in [0.3, 0.4) is 0 Å². The van der Waals surface area contributed by atoms with Gasteiger partial charge in [-0.15, -0.1) is 0 Å². The maximum Gasteiger partial charge on any atom is 0.191 e. The molecule has 0 aliphatic carbocycles. The fourth-order valence-electron chi connectivity index (χ4n) is 4.00. The molecule has 0 aromatic carbocycles. The molecule has 2 heterocycles. The van der Waals surface area contributed by atoms with Gasteiger partial charge in [0.1, 0.15) is 0 Å². The number of rotatable bonds is 7. The van der Waals surface area contributed by atoms with E-state index in [1.165, 1.54) is 45.4 Å². The summed E-state index contributed by atoms with van der Waals surface area (Å²) in [5, 5.41) is 7.13. The van der Waals surface area contributed by atoms with Gasteiger partial charge in [0.15, 0.2) is 5.96 Å². The zero-order valence-corrected chi connectivity index (χ0v) is 17.2. The van der Waals surface area contributed by atoms with Crippen molar-refractivity contribution < 1.29 is 0 Å². The van der Waals surface area contributed by atoms with Gasteiger partial charge in [0.2, 0.25) is 0 Å². The van der Waals surface area contributed by atoms with Crippen LogP contribution in [0.4, 0.5) is 0 Å². The first-order valence-electron chi connectivity index (χ1n) is 10.5. The van der Waals surface area contributed by atoms with Gasteiger partial charge in [-0.25, -0.2) is 0 Å². The van der Waals surface area contributed by atoms with E-state index in [1.54, 1.807) is 0 Å². The number of nitrogens with one attached hydrogen (secondary N) is 2. The van der Waals surface area contributed by atoms with Gasteiger partial charge in [-0.1, -0.05) is 20.3 Å². The van der Waals surface area contributed by atoms with Crippen LogP contribution in [-0.2, 0) is 0 Å². The maximum atomic E-state index is 4.90. The number of hydrogen-bond acceptors (Lipinski definition) is 3. The van der Waals surface area contributed by atoms with Crippen molar-refractivity contribution in [1.82, 2.24) is 20.4 Å². The van der Waals surface area contributed by atoms with E-state index in [9.17, 15) is 0 Å². The van der Waals surface area contributed by atoms with Crippen LogP contribution in [0.25, 0.3) is 0 Å². The molecule has 2 N–H and O–H groups in total. The minimum absolute atomic E-state index is 0.498. The van der Waals surface area contributed by atoms with Gasteiger partial charge < -0.3 is 15.5 Å². The lowest BCUT2D eigenvalue weighted by Gasteiger charge is -2.28. The van der Waals surface area contributed by atoms with Crippen LogP contribution in [-0.4, -0.2) is 73.7 Å². The minimum atomic E-state index is 0.498. The monoisotopic (exact) mass is 351 g/mol. The lowest BCUT2D eigenvalue weighted by molar-refractivity contribution is 0.203. The third-order valence-electron chi connectivity index (χ3n) is 5.62. The van der Waals surface area contributed by atoms with Gasteiger partial charge in [0.05, 0.1) is 0 Å². The highest BCUT2D eigenvalue weighted by molar-refractivity contribution is 5.80. The zero-order valence-electron chi connectivity index (χ0n) is 17.2. The van der Waals surface area contributed by atoms with E-state index < -0.39 is 0 Å². The molecule has 2 fully saturated rings.